The first-order valence-electron chi connectivity index (χ1n) is 9.23. The van der Waals surface area contributed by atoms with E-state index in [4.69, 9.17) is 5.73 Å². The Balaban J connectivity index is 1.51. The first-order chi connectivity index (χ1) is 13.8. The Labute approximate surface area is 171 Å². The fourth-order valence-corrected chi connectivity index (χ4v) is 4.64. The summed E-state index contributed by atoms with van der Waals surface area (Å²) in [6, 6.07) is 6.70. The van der Waals surface area contributed by atoms with Gasteiger partial charge in [-0.05, 0) is 54.3 Å². The minimum absolute atomic E-state index is 0.184. The predicted molar refractivity (Wildman–Crippen MR) is 108 cm³/mol. The van der Waals surface area contributed by atoms with E-state index < -0.39 is 35.8 Å². The van der Waals surface area contributed by atoms with Crippen LogP contribution in [0.5, 0.6) is 0 Å². The van der Waals surface area contributed by atoms with Crippen molar-refractivity contribution in [3.63, 3.8) is 0 Å². The molecule has 1 atom stereocenters. The molecule has 29 heavy (non-hydrogen) atoms. The minimum Gasteiger partial charge on any atom is -0.366 e. The number of urea groups is 1. The van der Waals surface area contributed by atoms with E-state index in [1.165, 1.54) is 17.2 Å². The average Bonchev–Trinajstić information content (AvgIpc) is 3.37. The quantitative estimate of drug-likeness (QED) is 0.648. The van der Waals surface area contributed by atoms with Gasteiger partial charge in [-0.3, -0.25) is 19.3 Å². The first-order valence-corrected chi connectivity index (χ1v) is 10.1. The number of thiophene rings is 1. The van der Waals surface area contributed by atoms with Gasteiger partial charge in [0.15, 0.2) is 0 Å². The van der Waals surface area contributed by atoms with Crippen LogP contribution in [-0.4, -0.2) is 35.2 Å². The molecule has 2 aromatic rings. The van der Waals surface area contributed by atoms with Crippen LogP contribution < -0.4 is 16.4 Å². The number of aryl methyl sites for hydroxylation is 2. The lowest BCUT2D eigenvalue weighted by molar-refractivity contribution is -0.133. The smallest absolute Gasteiger partial charge is 0.325 e. The van der Waals surface area contributed by atoms with Gasteiger partial charge >= 0.3 is 6.03 Å². The number of nitrogens with two attached hydrogens (primary N) is 1. The van der Waals surface area contributed by atoms with E-state index in [2.05, 4.69) is 10.6 Å². The summed E-state index contributed by atoms with van der Waals surface area (Å²) in [5.74, 6) is -1.74. The van der Waals surface area contributed by atoms with Crippen LogP contribution in [0.2, 0.25) is 0 Å². The highest BCUT2D eigenvalue weighted by Crippen LogP contribution is 2.32. The summed E-state index contributed by atoms with van der Waals surface area (Å²) in [4.78, 5) is 50.2. The van der Waals surface area contributed by atoms with Crippen molar-refractivity contribution in [2.24, 2.45) is 5.73 Å². The normalized spacial score (nSPS) is 20.5. The van der Waals surface area contributed by atoms with E-state index in [1.807, 2.05) is 18.2 Å². The van der Waals surface area contributed by atoms with Crippen molar-refractivity contribution in [3.05, 3.63) is 51.9 Å². The van der Waals surface area contributed by atoms with Crippen LogP contribution in [0, 0.1) is 0 Å². The SMILES string of the molecule is C[C@@]1(c2ccc3c(c2)CCC3)NC(=O)N(CC(=O)Nc2sccc2C(N)=O)C1=O. The fraction of sp³-hybridized carbons (Fsp3) is 0.300. The van der Waals surface area contributed by atoms with Gasteiger partial charge in [-0.25, -0.2) is 4.79 Å². The fourth-order valence-electron chi connectivity index (χ4n) is 3.83. The van der Waals surface area contributed by atoms with Crippen LogP contribution >= 0.6 is 11.3 Å². The molecule has 5 amide bonds. The summed E-state index contributed by atoms with van der Waals surface area (Å²) in [5, 5.41) is 7.17. The molecular weight excluding hydrogens is 392 g/mol. The molecule has 4 N–H and O–H groups in total. The molecule has 1 aromatic heterocycles. The molecule has 4 rings (SSSR count). The maximum Gasteiger partial charge on any atom is 0.325 e. The van der Waals surface area contributed by atoms with Crippen LogP contribution in [0.15, 0.2) is 29.6 Å². The summed E-state index contributed by atoms with van der Waals surface area (Å²) in [6.45, 7) is 1.19. The standard InChI is InChI=1S/C20H20N4O4S/c1-20(13-6-5-11-3-2-4-12(11)9-13)18(27)24(19(28)23-20)10-15(25)22-17-14(16(21)26)7-8-29-17/h5-9H,2-4,10H2,1H3,(H2,21,26)(H,22,25)(H,23,28)/t20-/m0/s1. The van der Waals surface area contributed by atoms with Gasteiger partial charge in [0.05, 0.1) is 5.56 Å². The van der Waals surface area contributed by atoms with Gasteiger partial charge in [-0.1, -0.05) is 18.2 Å². The second-order valence-electron chi connectivity index (χ2n) is 7.36. The summed E-state index contributed by atoms with van der Waals surface area (Å²) >= 11 is 1.14. The van der Waals surface area contributed by atoms with Crippen LogP contribution in [0.3, 0.4) is 0 Å². The van der Waals surface area contributed by atoms with Crippen molar-refractivity contribution in [2.45, 2.75) is 31.7 Å². The summed E-state index contributed by atoms with van der Waals surface area (Å²) < 4.78 is 0. The van der Waals surface area contributed by atoms with Gasteiger partial charge in [0.25, 0.3) is 11.8 Å². The minimum atomic E-state index is -1.23. The van der Waals surface area contributed by atoms with E-state index in [-0.39, 0.29) is 10.6 Å². The molecule has 2 aliphatic rings. The van der Waals surface area contributed by atoms with E-state index in [0.717, 1.165) is 35.5 Å². The van der Waals surface area contributed by atoms with Crippen LogP contribution in [-0.2, 0) is 28.0 Å². The topological polar surface area (TPSA) is 122 Å². The van der Waals surface area contributed by atoms with Gasteiger partial charge in [0.1, 0.15) is 17.1 Å². The molecule has 8 nitrogen and oxygen atoms in total. The van der Waals surface area contributed by atoms with E-state index in [0.29, 0.717) is 5.56 Å². The highest BCUT2D eigenvalue weighted by molar-refractivity contribution is 7.14. The van der Waals surface area contributed by atoms with E-state index in [1.54, 1.807) is 12.3 Å². The number of nitrogens with zero attached hydrogens (tertiary/aromatic N) is 1. The molecule has 1 aromatic carbocycles. The average molecular weight is 412 g/mol. The Morgan fingerprint density at radius 2 is 2.00 bits per heavy atom. The number of nitrogens with one attached hydrogen (secondary N) is 2. The number of rotatable bonds is 5. The third kappa shape index (κ3) is 3.27. The summed E-state index contributed by atoms with van der Waals surface area (Å²) in [6.07, 6.45) is 3.06. The molecule has 0 spiro atoms. The summed E-state index contributed by atoms with van der Waals surface area (Å²) in [7, 11) is 0. The molecule has 0 unspecified atom stereocenters. The Bertz CT molecular complexity index is 1050. The van der Waals surface area contributed by atoms with Gasteiger partial charge in [0.2, 0.25) is 5.91 Å². The van der Waals surface area contributed by atoms with Gasteiger partial charge in [-0.2, -0.15) is 0 Å². The third-order valence-electron chi connectivity index (χ3n) is 5.44. The number of primary amides is 1. The number of carbonyl (C=O) groups is 4. The monoisotopic (exact) mass is 412 g/mol. The molecule has 0 saturated carbocycles. The van der Waals surface area contributed by atoms with Crippen molar-refractivity contribution >= 4 is 40.1 Å². The highest BCUT2D eigenvalue weighted by Gasteiger charge is 2.49. The van der Waals surface area contributed by atoms with Crippen molar-refractivity contribution in [1.82, 2.24) is 10.2 Å². The molecule has 0 bridgehead atoms. The number of fused-ring (bicyclic) bond motifs is 1. The van der Waals surface area contributed by atoms with Crippen LogP contribution in [0.1, 0.15) is 40.4 Å². The van der Waals surface area contributed by atoms with E-state index >= 15 is 0 Å². The molecule has 1 saturated heterocycles. The van der Waals surface area contributed by atoms with Crippen LogP contribution in [0.4, 0.5) is 9.80 Å². The third-order valence-corrected chi connectivity index (χ3v) is 6.27. The van der Waals surface area contributed by atoms with Gasteiger partial charge in [0, 0.05) is 0 Å². The second kappa shape index (κ2) is 7.00. The first kappa shape index (κ1) is 19.1. The number of carbonyl (C=O) groups excluding carboxylic acids is 4. The lowest BCUT2D eigenvalue weighted by atomic mass is 9.89. The zero-order valence-electron chi connectivity index (χ0n) is 15.8. The number of anilines is 1. The Kier molecular flexibility index (Phi) is 4.62. The molecular formula is C20H20N4O4S. The van der Waals surface area contributed by atoms with Gasteiger partial charge < -0.3 is 16.4 Å². The molecule has 0 radical (unpaired) electrons. The van der Waals surface area contributed by atoms with Crippen LogP contribution in [0.25, 0.3) is 0 Å². The maximum absolute atomic E-state index is 13.0. The Morgan fingerprint density at radius 3 is 2.76 bits per heavy atom. The largest absolute Gasteiger partial charge is 0.366 e. The summed E-state index contributed by atoms with van der Waals surface area (Å²) in [5.41, 5.74) is 7.39. The zero-order valence-corrected chi connectivity index (χ0v) is 16.6. The van der Waals surface area contributed by atoms with Crippen molar-refractivity contribution < 1.29 is 19.2 Å². The van der Waals surface area contributed by atoms with Crippen molar-refractivity contribution in [1.29, 1.82) is 0 Å². The van der Waals surface area contributed by atoms with Crippen molar-refractivity contribution in [2.75, 3.05) is 11.9 Å². The maximum atomic E-state index is 13.0. The Hall–Kier alpha value is -3.20. The number of hydrogen-bond donors (Lipinski definition) is 3. The number of imide groups is 1. The lowest BCUT2D eigenvalue weighted by Crippen LogP contribution is -2.42. The number of hydrogen-bond acceptors (Lipinski definition) is 5. The molecule has 2 heterocycles. The van der Waals surface area contributed by atoms with E-state index in [9.17, 15) is 19.2 Å². The lowest BCUT2D eigenvalue weighted by Gasteiger charge is -2.23. The zero-order chi connectivity index (χ0) is 20.8. The second-order valence-corrected chi connectivity index (χ2v) is 8.28. The number of benzene rings is 1. The molecule has 1 aliphatic heterocycles. The molecule has 150 valence electrons. The van der Waals surface area contributed by atoms with Gasteiger partial charge in [-0.15, -0.1) is 11.3 Å². The van der Waals surface area contributed by atoms with Crippen molar-refractivity contribution in [3.8, 4) is 0 Å². The molecule has 1 fully saturated rings. The predicted octanol–water partition coefficient (Wildman–Crippen LogP) is 1.74. The number of amides is 5. The molecule has 9 heteroatoms. The molecule has 1 aliphatic carbocycles. The highest BCUT2D eigenvalue weighted by atomic mass is 32.1. The Morgan fingerprint density at radius 1 is 1.24 bits per heavy atom.